The SMILES string of the molecule is COc1ccc(NC2=C(c3cccs3)C(=O)N(c3cc(Cl)ccc3C)C2=O)c(OC)c1. The van der Waals surface area contributed by atoms with Crippen LogP contribution in [0, 0.1) is 6.92 Å². The standard InChI is InChI=1S/C23H19ClN2O4S/c1-13-6-7-14(24)11-17(13)26-22(27)20(19-5-4-10-31-19)21(23(26)28)25-16-9-8-15(29-2)12-18(16)30-3/h4-12,25H,1-3H3. The van der Waals surface area contributed by atoms with E-state index in [4.69, 9.17) is 21.1 Å². The molecule has 1 N–H and O–H groups in total. The van der Waals surface area contributed by atoms with Crippen LogP contribution in [0.5, 0.6) is 11.5 Å². The number of imide groups is 1. The van der Waals surface area contributed by atoms with Crippen molar-refractivity contribution in [2.75, 3.05) is 24.4 Å². The lowest BCUT2D eigenvalue weighted by Gasteiger charge is -2.18. The maximum absolute atomic E-state index is 13.5. The Hall–Kier alpha value is -3.29. The summed E-state index contributed by atoms with van der Waals surface area (Å²) >= 11 is 7.54. The summed E-state index contributed by atoms with van der Waals surface area (Å²) in [5.41, 5.74) is 2.24. The summed E-state index contributed by atoms with van der Waals surface area (Å²) in [5, 5.41) is 5.43. The van der Waals surface area contributed by atoms with Crippen molar-refractivity contribution in [1.82, 2.24) is 0 Å². The molecule has 0 unspecified atom stereocenters. The van der Waals surface area contributed by atoms with Gasteiger partial charge in [0.25, 0.3) is 11.8 Å². The summed E-state index contributed by atoms with van der Waals surface area (Å²) in [4.78, 5) is 28.8. The van der Waals surface area contributed by atoms with Gasteiger partial charge < -0.3 is 14.8 Å². The average molecular weight is 455 g/mol. The molecule has 3 aromatic rings. The second-order valence-corrected chi connectivity index (χ2v) is 8.18. The highest BCUT2D eigenvalue weighted by molar-refractivity contribution is 7.11. The first kappa shape index (κ1) is 21.0. The maximum atomic E-state index is 13.5. The molecular weight excluding hydrogens is 436 g/mol. The highest BCUT2D eigenvalue weighted by Gasteiger charge is 2.41. The molecule has 0 atom stereocenters. The minimum Gasteiger partial charge on any atom is -0.497 e. The van der Waals surface area contributed by atoms with Gasteiger partial charge in [-0.2, -0.15) is 0 Å². The van der Waals surface area contributed by atoms with Crippen LogP contribution < -0.4 is 19.7 Å². The van der Waals surface area contributed by atoms with E-state index in [1.807, 2.05) is 24.4 Å². The highest BCUT2D eigenvalue weighted by Crippen LogP contribution is 2.39. The molecule has 0 saturated carbocycles. The largest absolute Gasteiger partial charge is 0.497 e. The molecule has 0 radical (unpaired) electrons. The Morgan fingerprint density at radius 3 is 2.48 bits per heavy atom. The van der Waals surface area contributed by atoms with Crippen molar-refractivity contribution in [3.05, 3.63) is 75.1 Å². The molecule has 0 aliphatic carbocycles. The third-order valence-corrected chi connectivity index (χ3v) is 6.05. The number of amides is 2. The van der Waals surface area contributed by atoms with Crippen molar-refractivity contribution < 1.29 is 19.1 Å². The monoisotopic (exact) mass is 454 g/mol. The van der Waals surface area contributed by atoms with Crippen molar-refractivity contribution in [2.45, 2.75) is 6.92 Å². The number of carbonyl (C=O) groups is 2. The lowest BCUT2D eigenvalue weighted by Crippen LogP contribution is -2.33. The Balaban J connectivity index is 1.83. The molecule has 158 valence electrons. The van der Waals surface area contributed by atoms with E-state index in [1.54, 1.807) is 43.5 Å². The molecule has 0 fully saturated rings. The molecule has 0 saturated heterocycles. The predicted molar refractivity (Wildman–Crippen MR) is 123 cm³/mol. The molecule has 2 aromatic carbocycles. The number of nitrogens with one attached hydrogen (secondary N) is 1. The summed E-state index contributed by atoms with van der Waals surface area (Å²) in [6, 6.07) is 14.0. The van der Waals surface area contributed by atoms with Crippen LogP contribution in [0.4, 0.5) is 11.4 Å². The number of carbonyl (C=O) groups excluding carboxylic acids is 2. The smallest absolute Gasteiger partial charge is 0.282 e. The number of hydrogen-bond acceptors (Lipinski definition) is 6. The Morgan fingerprint density at radius 1 is 1.00 bits per heavy atom. The van der Waals surface area contributed by atoms with Gasteiger partial charge in [0.1, 0.15) is 17.2 Å². The van der Waals surface area contributed by atoms with Gasteiger partial charge in [-0.25, -0.2) is 4.90 Å². The molecular formula is C23H19ClN2O4S. The Labute approximate surface area is 188 Å². The van der Waals surface area contributed by atoms with E-state index in [9.17, 15) is 9.59 Å². The van der Waals surface area contributed by atoms with E-state index in [1.165, 1.54) is 18.4 Å². The first-order valence-electron chi connectivity index (χ1n) is 9.36. The zero-order valence-corrected chi connectivity index (χ0v) is 18.6. The van der Waals surface area contributed by atoms with E-state index in [0.717, 1.165) is 10.5 Å². The topological polar surface area (TPSA) is 67.9 Å². The summed E-state index contributed by atoms with van der Waals surface area (Å²) < 4.78 is 10.7. The number of anilines is 2. The summed E-state index contributed by atoms with van der Waals surface area (Å²) in [6.45, 7) is 1.83. The number of hydrogen-bond donors (Lipinski definition) is 1. The van der Waals surface area contributed by atoms with Crippen LogP contribution in [0.1, 0.15) is 10.4 Å². The molecule has 0 spiro atoms. The molecule has 1 aromatic heterocycles. The van der Waals surface area contributed by atoms with Crippen LogP contribution in [0.25, 0.3) is 5.57 Å². The molecule has 31 heavy (non-hydrogen) atoms. The third-order valence-electron chi connectivity index (χ3n) is 4.93. The fourth-order valence-electron chi connectivity index (χ4n) is 3.37. The molecule has 4 rings (SSSR count). The minimum atomic E-state index is -0.461. The van der Waals surface area contributed by atoms with E-state index < -0.39 is 11.8 Å². The van der Waals surface area contributed by atoms with E-state index in [-0.39, 0.29) is 5.70 Å². The number of nitrogens with zero attached hydrogens (tertiary/aromatic N) is 1. The molecule has 2 heterocycles. The third kappa shape index (κ3) is 3.78. The predicted octanol–water partition coefficient (Wildman–Crippen LogP) is 5.12. The number of rotatable bonds is 6. The average Bonchev–Trinajstić information content (AvgIpc) is 3.37. The van der Waals surface area contributed by atoms with Gasteiger partial charge in [0.2, 0.25) is 0 Å². The normalized spacial score (nSPS) is 13.7. The Bertz CT molecular complexity index is 1200. The highest BCUT2D eigenvalue weighted by atomic mass is 35.5. The maximum Gasteiger partial charge on any atom is 0.282 e. The van der Waals surface area contributed by atoms with Gasteiger partial charge in [0.15, 0.2) is 0 Å². The molecule has 8 heteroatoms. The van der Waals surface area contributed by atoms with Crippen molar-refractivity contribution in [1.29, 1.82) is 0 Å². The Kier molecular flexibility index (Phi) is 5.71. The quantitative estimate of drug-likeness (QED) is 0.523. The Morgan fingerprint density at radius 2 is 1.81 bits per heavy atom. The lowest BCUT2D eigenvalue weighted by molar-refractivity contribution is -0.120. The lowest BCUT2D eigenvalue weighted by atomic mass is 10.1. The number of halogens is 1. The van der Waals surface area contributed by atoms with Gasteiger partial charge in [-0.3, -0.25) is 9.59 Å². The van der Waals surface area contributed by atoms with Crippen LogP contribution >= 0.6 is 22.9 Å². The first-order valence-corrected chi connectivity index (χ1v) is 10.6. The number of thiophene rings is 1. The van der Waals surface area contributed by atoms with Gasteiger partial charge in [0.05, 0.1) is 31.2 Å². The van der Waals surface area contributed by atoms with E-state index in [0.29, 0.717) is 38.3 Å². The van der Waals surface area contributed by atoms with Gasteiger partial charge in [0, 0.05) is 16.0 Å². The molecule has 2 amide bonds. The van der Waals surface area contributed by atoms with Gasteiger partial charge >= 0.3 is 0 Å². The van der Waals surface area contributed by atoms with Crippen molar-refractivity contribution in [2.24, 2.45) is 0 Å². The summed E-state index contributed by atoms with van der Waals surface area (Å²) in [5.74, 6) is 0.222. The first-order chi connectivity index (χ1) is 14.9. The second kappa shape index (κ2) is 8.45. The number of aryl methyl sites for hydroxylation is 1. The fourth-order valence-corrected chi connectivity index (χ4v) is 4.31. The molecule has 1 aliphatic heterocycles. The zero-order chi connectivity index (χ0) is 22.1. The van der Waals surface area contributed by atoms with Crippen molar-refractivity contribution >= 4 is 51.7 Å². The molecule has 1 aliphatic rings. The van der Waals surface area contributed by atoms with E-state index >= 15 is 0 Å². The van der Waals surface area contributed by atoms with Crippen LogP contribution in [0.2, 0.25) is 5.02 Å². The molecule has 0 bridgehead atoms. The van der Waals surface area contributed by atoms with Crippen LogP contribution in [-0.4, -0.2) is 26.0 Å². The second-order valence-electron chi connectivity index (χ2n) is 6.80. The van der Waals surface area contributed by atoms with Crippen LogP contribution in [0.15, 0.2) is 59.6 Å². The van der Waals surface area contributed by atoms with Gasteiger partial charge in [-0.1, -0.05) is 23.7 Å². The number of methoxy groups -OCH3 is 2. The number of benzene rings is 2. The van der Waals surface area contributed by atoms with Gasteiger partial charge in [-0.15, -0.1) is 11.3 Å². The fraction of sp³-hybridized carbons (Fsp3) is 0.130. The van der Waals surface area contributed by atoms with E-state index in [2.05, 4.69) is 5.32 Å². The molecule has 6 nitrogen and oxygen atoms in total. The summed E-state index contributed by atoms with van der Waals surface area (Å²) in [6.07, 6.45) is 0. The van der Waals surface area contributed by atoms with Crippen LogP contribution in [0.3, 0.4) is 0 Å². The number of ether oxygens (including phenoxy) is 2. The van der Waals surface area contributed by atoms with Crippen molar-refractivity contribution in [3.8, 4) is 11.5 Å². The zero-order valence-electron chi connectivity index (χ0n) is 17.1. The summed E-state index contributed by atoms with van der Waals surface area (Å²) in [7, 11) is 3.08. The van der Waals surface area contributed by atoms with Crippen LogP contribution in [-0.2, 0) is 9.59 Å². The van der Waals surface area contributed by atoms with Crippen molar-refractivity contribution in [3.63, 3.8) is 0 Å². The van der Waals surface area contributed by atoms with Gasteiger partial charge in [-0.05, 0) is 48.2 Å². The minimum absolute atomic E-state index is 0.176.